The Morgan fingerprint density at radius 2 is 1.62 bits per heavy atom. The molecule has 1 aliphatic heterocycles. The molecule has 32 heavy (non-hydrogen) atoms. The Labute approximate surface area is 195 Å². The first kappa shape index (κ1) is 19.9. The molecule has 0 aromatic heterocycles. The Bertz CT molecular complexity index is 1150. The van der Waals surface area contributed by atoms with Gasteiger partial charge in [0.05, 0.1) is 17.5 Å². The predicted molar refractivity (Wildman–Crippen MR) is 125 cm³/mol. The third-order valence-corrected chi connectivity index (χ3v) is 8.24. The summed E-state index contributed by atoms with van der Waals surface area (Å²) < 4.78 is 0.971. The molecule has 2 aromatic carbocycles. The van der Waals surface area contributed by atoms with Gasteiger partial charge in [-0.15, -0.1) is 0 Å². The number of carbonyl (C=O) groups is 3. The summed E-state index contributed by atoms with van der Waals surface area (Å²) in [5.74, 6) is 0.780. The zero-order valence-electron chi connectivity index (χ0n) is 17.6. The highest BCUT2D eigenvalue weighted by molar-refractivity contribution is 9.10. The fraction of sp³-hybridized carbons (Fsp3) is 0.346. The maximum Gasteiger partial charge on any atom is 0.255 e. The fourth-order valence-corrected chi connectivity index (χ4v) is 6.55. The van der Waals surface area contributed by atoms with E-state index in [1.165, 1.54) is 4.90 Å². The fourth-order valence-electron chi connectivity index (χ4n) is 6.14. The molecule has 2 saturated carbocycles. The van der Waals surface area contributed by atoms with Gasteiger partial charge in [-0.25, -0.2) is 0 Å². The monoisotopic (exact) mass is 490 g/mol. The van der Waals surface area contributed by atoms with Crippen molar-refractivity contribution in [2.75, 3.05) is 10.2 Å². The van der Waals surface area contributed by atoms with Crippen LogP contribution < -0.4 is 10.2 Å². The zero-order chi connectivity index (χ0) is 22.1. The van der Waals surface area contributed by atoms with E-state index in [4.69, 9.17) is 0 Å². The second-order valence-electron chi connectivity index (χ2n) is 9.32. The van der Waals surface area contributed by atoms with E-state index in [1.807, 2.05) is 25.1 Å². The molecule has 0 radical (unpaired) electrons. The summed E-state index contributed by atoms with van der Waals surface area (Å²) in [4.78, 5) is 40.7. The highest BCUT2D eigenvalue weighted by atomic mass is 79.9. The number of carbonyl (C=O) groups excluding carboxylic acids is 3. The lowest BCUT2D eigenvalue weighted by molar-refractivity contribution is -0.124. The van der Waals surface area contributed by atoms with Crippen LogP contribution in [0.2, 0.25) is 0 Å². The lowest BCUT2D eigenvalue weighted by atomic mass is 9.63. The standard InChI is InChI=1S/C26H23BrN2O3/c1-2-13-11-15(27)5-10-21(13)28-24(30)14-3-6-16(7-4-14)29-25(31)22-17-8-9-18(20-12-19(17)20)23(22)26(29)32/h3-11,17-20,22-23H,2,12H2,1H3,(H,28,30)/t17-,18+,19-,20-,22+,23-/m1/s1. The number of nitrogens with zero attached hydrogens (tertiary/aromatic N) is 1. The first-order valence-electron chi connectivity index (χ1n) is 11.2. The number of aryl methyl sites for hydroxylation is 1. The number of allylic oxidation sites excluding steroid dienone is 2. The topological polar surface area (TPSA) is 66.5 Å². The molecule has 4 aliphatic carbocycles. The first-order chi connectivity index (χ1) is 15.5. The second kappa shape index (κ2) is 7.14. The van der Waals surface area contributed by atoms with E-state index in [0.29, 0.717) is 23.1 Å². The molecule has 2 bridgehead atoms. The molecule has 1 N–H and O–H groups in total. The Morgan fingerprint density at radius 1 is 1.00 bits per heavy atom. The third-order valence-electron chi connectivity index (χ3n) is 7.75. The van der Waals surface area contributed by atoms with Gasteiger partial charge < -0.3 is 5.32 Å². The number of imide groups is 1. The average Bonchev–Trinajstić information content (AvgIpc) is 3.58. The van der Waals surface area contributed by atoms with E-state index in [0.717, 1.165) is 28.6 Å². The van der Waals surface area contributed by atoms with Crippen molar-refractivity contribution in [2.24, 2.45) is 35.5 Å². The number of benzene rings is 2. The van der Waals surface area contributed by atoms with Gasteiger partial charge >= 0.3 is 0 Å². The van der Waals surface area contributed by atoms with Crippen molar-refractivity contribution in [2.45, 2.75) is 19.8 Å². The van der Waals surface area contributed by atoms with Crippen LogP contribution in [0.25, 0.3) is 0 Å². The predicted octanol–water partition coefficient (Wildman–Crippen LogP) is 4.82. The Kier molecular flexibility index (Phi) is 4.44. The molecule has 3 fully saturated rings. The normalized spacial score (nSPS) is 31.5. The maximum absolute atomic E-state index is 13.3. The van der Waals surface area contributed by atoms with E-state index in [-0.39, 0.29) is 41.4 Å². The average molecular weight is 491 g/mol. The van der Waals surface area contributed by atoms with Crippen LogP contribution in [0.4, 0.5) is 11.4 Å². The van der Waals surface area contributed by atoms with Crippen molar-refractivity contribution in [1.82, 2.24) is 0 Å². The van der Waals surface area contributed by atoms with Gasteiger partial charge in [0.15, 0.2) is 0 Å². The summed E-state index contributed by atoms with van der Waals surface area (Å²) in [6.07, 6.45) is 6.30. The van der Waals surface area contributed by atoms with Crippen molar-refractivity contribution >= 4 is 45.0 Å². The van der Waals surface area contributed by atoms with Crippen molar-refractivity contribution < 1.29 is 14.4 Å². The van der Waals surface area contributed by atoms with Crippen LogP contribution >= 0.6 is 15.9 Å². The van der Waals surface area contributed by atoms with Crippen LogP contribution in [-0.2, 0) is 16.0 Å². The first-order valence-corrected chi connectivity index (χ1v) is 12.0. The van der Waals surface area contributed by atoms with Crippen molar-refractivity contribution in [3.63, 3.8) is 0 Å². The van der Waals surface area contributed by atoms with Crippen LogP contribution in [0.3, 0.4) is 0 Å². The molecule has 6 atom stereocenters. The Hall–Kier alpha value is -2.73. The largest absolute Gasteiger partial charge is 0.322 e. The Balaban J connectivity index is 1.22. The van der Waals surface area contributed by atoms with Crippen molar-refractivity contribution in [3.05, 3.63) is 70.2 Å². The number of rotatable bonds is 4. The van der Waals surface area contributed by atoms with Gasteiger partial charge in [-0.2, -0.15) is 0 Å². The molecule has 5 nitrogen and oxygen atoms in total. The van der Waals surface area contributed by atoms with Crippen LogP contribution in [0, 0.1) is 35.5 Å². The highest BCUT2D eigenvalue weighted by Gasteiger charge is 2.67. The van der Waals surface area contributed by atoms with E-state index in [9.17, 15) is 14.4 Å². The number of hydrogen-bond donors (Lipinski definition) is 1. The molecule has 5 aliphatic rings. The number of amides is 3. The molecule has 6 heteroatoms. The van der Waals surface area contributed by atoms with Gasteiger partial charge in [-0.3, -0.25) is 19.3 Å². The maximum atomic E-state index is 13.3. The van der Waals surface area contributed by atoms with Gasteiger partial charge in [-0.05, 0) is 84.5 Å². The van der Waals surface area contributed by atoms with Crippen LogP contribution in [-0.4, -0.2) is 17.7 Å². The second-order valence-corrected chi connectivity index (χ2v) is 10.2. The SMILES string of the molecule is CCc1cc(Br)ccc1NC(=O)c1ccc(N2C(=O)[C@@H]3[C@H]4C=C[C@H]([C@H]5C[C@H]45)[C@@H]3C2=O)cc1. The van der Waals surface area contributed by atoms with Gasteiger partial charge in [0, 0.05) is 15.7 Å². The molecule has 1 saturated heterocycles. The molecule has 162 valence electrons. The molecule has 0 spiro atoms. The number of halogens is 1. The van der Waals surface area contributed by atoms with E-state index >= 15 is 0 Å². The minimum absolute atomic E-state index is 0.0793. The van der Waals surface area contributed by atoms with Crippen molar-refractivity contribution in [1.29, 1.82) is 0 Å². The number of anilines is 2. The highest BCUT2D eigenvalue weighted by Crippen LogP contribution is 2.65. The van der Waals surface area contributed by atoms with Gasteiger partial charge in [0.2, 0.25) is 11.8 Å². The Morgan fingerprint density at radius 3 is 2.22 bits per heavy atom. The molecule has 2 aromatic rings. The summed E-state index contributed by atoms with van der Waals surface area (Å²) >= 11 is 3.46. The quantitative estimate of drug-likeness (QED) is 0.493. The smallest absolute Gasteiger partial charge is 0.255 e. The van der Waals surface area contributed by atoms with Crippen LogP contribution in [0.15, 0.2) is 59.1 Å². The summed E-state index contributed by atoms with van der Waals surface area (Å²) in [6.45, 7) is 2.04. The minimum Gasteiger partial charge on any atom is -0.322 e. The lowest BCUT2D eigenvalue weighted by Crippen LogP contribution is -2.40. The number of hydrogen-bond acceptors (Lipinski definition) is 3. The van der Waals surface area contributed by atoms with Crippen LogP contribution in [0.1, 0.15) is 29.3 Å². The van der Waals surface area contributed by atoms with Gasteiger partial charge in [-0.1, -0.05) is 35.0 Å². The molecular formula is C26H23BrN2O3. The summed E-state index contributed by atoms with van der Waals surface area (Å²) in [5, 5.41) is 2.97. The molecule has 1 heterocycles. The van der Waals surface area contributed by atoms with Gasteiger partial charge in [0.25, 0.3) is 5.91 Å². The summed E-state index contributed by atoms with van der Waals surface area (Å²) in [5.41, 5.74) is 2.86. The summed E-state index contributed by atoms with van der Waals surface area (Å²) in [7, 11) is 0. The zero-order valence-corrected chi connectivity index (χ0v) is 19.2. The van der Waals surface area contributed by atoms with E-state index < -0.39 is 0 Å². The molecule has 0 unspecified atom stereocenters. The lowest BCUT2D eigenvalue weighted by Gasteiger charge is -2.37. The van der Waals surface area contributed by atoms with E-state index in [1.54, 1.807) is 24.3 Å². The number of nitrogens with one attached hydrogen (secondary N) is 1. The molecule has 7 rings (SSSR count). The van der Waals surface area contributed by atoms with Gasteiger partial charge in [0.1, 0.15) is 0 Å². The van der Waals surface area contributed by atoms with E-state index in [2.05, 4.69) is 33.4 Å². The van der Waals surface area contributed by atoms with Crippen LogP contribution in [0.5, 0.6) is 0 Å². The molecular weight excluding hydrogens is 468 g/mol. The van der Waals surface area contributed by atoms with Crippen molar-refractivity contribution in [3.8, 4) is 0 Å². The summed E-state index contributed by atoms with van der Waals surface area (Å²) in [6, 6.07) is 12.6. The minimum atomic E-state index is -0.219. The third kappa shape index (κ3) is 2.85. The molecule has 3 amide bonds.